The number of nitrogens with zero attached hydrogens (tertiary/aromatic N) is 1. The summed E-state index contributed by atoms with van der Waals surface area (Å²) < 4.78 is 0.983. The molecule has 4 N–H and O–H groups in total. The number of carbonyl (C=O) groups excluding carboxylic acids is 1. The first-order chi connectivity index (χ1) is 9.92. The summed E-state index contributed by atoms with van der Waals surface area (Å²) in [6.07, 6.45) is 1.52. The molecule has 21 heavy (non-hydrogen) atoms. The lowest BCUT2D eigenvalue weighted by atomic mass is 10.1. The molecule has 2 aromatic rings. The van der Waals surface area contributed by atoms with E-state index < -0.39 is 0 Å². The van der Waals surface area contributed by atoms with Gasteiger partial charge < -0.3 is 10.7 Å². The van der Waals surface area contributed by atoms with E-state index in [0.29, 0.717) is 11.3 Å². The molecule has 0 fully saturated rings. The van der Waals surface area contributed by atoms with E-state index in [4.69, 9.17) is 5.84 Å². The maximum absolute atomic E-state index is 12.4. The zero-order valence-corrected chi connectivity index (χ0v) is 13.7. The molecule has 0 saturated heterocycles. The Balaban J connectivity index is 2.35. The number of nitrogens with two attached hydrogens (primary N) is 1. The standard InChI is InChI=1S/C15H17BrN4O/c1-8-4-11(16)5-9(2)14(8)19-15(21)12-7-18-10(3)6-13(12)20-17/h4-7H,17H2,1-3H3,(H,18,20)(H,19,21). The Morgan fingerprint density at radius 3 is 2.38 bits per heavy atom. The van der Waals surface area contributed by atoms with Crippen LogP contribution >= 0.6 is 15.9 Å². The maximum atomic E-state index is 12.4. The van der Waals surface area contributed by atoms with Crippen LogP contribution in [0.5, 0.6) is 0 Å². The van der Waals surface area contributed by atoms with Crippen molar-refractivity contribution in [1.29, 1.82) is 0 Å². The molecule has 0 radical (unpaired) electrons. The minimum Gasteiger partial charge on any atom is -0.323 e. The van der Waals surface area contributed by atoms with Crippen molar-refractivity contribution < 1.29 is 4.79 Å². The number of benzene rings is 1. The molecular weight excluding hydrogens is 332 g/mol. The molecule has 6 heteroatoms. The number of anilines is 2. The number of amides is 1. The fraction of sp³-hybridized carbons (Fsp3) is 0.200. The summed E-state index contributed by atoms with van der Waals surface area (Å²) in [6, 6.07) is 5.65. The van der Waals surface area contributed by atoms with Crippen LogP contribution in [0.25, 0.3) is 0 Å². The molecule has 0 bridgehead atoms. The third-order valence-corrected chi connectivity index (χ3v) is 3.63. The van der Waals surface area contributed by atoms with Gasteiger partial charge in [0.2, 0.25) is 0 Å². The minimum absolute atomic E-state index is 0.246. The van der Waals surface area contributed by atoms with E-state index in [0.717, 1.165) is 27.0 Å². The van der Waals surface area contributed by atoms with Gasteiger partial charge in [-0.3, -0.25) is 15.6 Å². The monoisotopic (exact) mass is 348 g/mol. The number of hydrogen-bond acceptors (Lipinski definition) is 4. The number of hydrogen-bond donors (Lipinski definition) is 3. The topological polar surface area (TPSA) is 80.0 Å². The van der Waals surface area contributed by atoms with Crippen LogP contribution in [0, 0.1) is 20.8 Å². The molecule has 2 rings (SSSR count). The Hall–Kier alpha value is -1.92. The van der Waals surface area contributed by atoms with Gasteiger partial charge in [-0.1, -0.05) is 15.9 Å². The highest BCUT2D eigenvalue weighted by atomic mass is 79.9. The summed E-state index contributed by atoms with van der Waals surface area (Å²) in [7, 11) is 0. The zero-order valence-electron chi connectivity index (χ0n) is 12.1. The summed E-state index contributed by atoms with van der Waals surface area (Å²) >= 11 is 3.44. The fourth-order valence-corrected chi connectivity index (χ4v) is 2.84. The molecule has 1 amide bonds. The average molecular weight is 349 g/mol. The quantitative estimate of drug-likeness (QED) is 0.587. The van der Waals surface area contributed by atoms with Crippen molar-refractivity contribution in [3.05, 3.63) is 51.3 Å². The fourth-order valence-electron chi connectivity index (χ4n) is 2.15. The lowest BCUT2D eigenvalue weighted by Crippen LogP contribution is -2.19. The molecule has 1 heterocycles. The van der Waals surface area contributed by atoms with E-state index in [2.05, 4.69) is 31.7 Å². The molecule has 0 saturated carbocycles. The van der Waals surface area contributed by atoms with Crippen LogP contribution in [-0.4, -0.2) is 10.9 Å². The molecular formula is C15H17BrN4O. The summed E-state index contributed by atoms with van der Waals surface area (Å²) in [5, 5.41) is 2.92. The first-order valence-electron chi connectivity index (χ1n) is 6.43. The highest BCUT2D eigenvalue weighted by Gasteiger charge is 2.14. The van der Waals surface area contributed by atoms with Gasteiger partial charge in [-0.2, -0.15) is 0 Å². The molecule has 1 aromatic carbocycles. The smallest absolute Gasteiger partial charge is 0.259 e. The molecule has 110 valence electrons. The molecule has 1 aromatic heterocycles. The van der Waals surface area contributed by atoms with Crippen LogP contribution < -0.4 is 16.6 Å². The molecule has 0 spiro atoms. The predicted octanol–water partition coefficient (Wildman–Crippen LogP) is 3.31. The molecule has 0 unspecified atom stereocenters. The Bertz CT molecular complexity index is 677. The number of pyridine rings is 1. The summed E-state index contributed by atoms with van der Waals surface area (Å²) in [5.41, 5.74) is 7.04. The van der Waals surface area contributed by atoms with Crippen LogP contribution in [0.3, 0.4) is 0 Å². The largest absolute Gasteiger partial charge is 0.323 e. The Labute approximate surface area is 132 Å². The van der Waals surface area contributed by atoms with E-state index in [1.54, 1.807) is 6.07 Å². The highest BCUT2D eigenvalue weighted by molar-refractivity contribution is 9.10. The van der Waals surface area contributed by atoms with Crippen LogP contribution in [-0.2, 0) is 0 Å². The van der Waals surface area contributed by atoms with Crippen molar-refractivity contribution in [3.63, 3.8) is 0 Å². The van der Waals surface area contributed by atoms with Gasteiger partial charge in [0.05, 0.1) is 11.3 Å². The lowest BCUT2D eigenvalue weighted by molar-refractivity contribution is 0.102. The van der Waals surface area contributed by atoms with Gasteiger partial charge >= 0.3 is 0 Å². The Morgan fingerprint density at radius 1 is 1.19 bits per heavy atom. The Morgan fingerprint density at radius 2 is 1.81 bits per heavy atom. The second kappa shape index (κ2) is 6.24. The first-order valence-corrected chi connectivity index (χ1v) is 7.23. The molecule has 0 aliphatic rings. The van der Waals surface area contributed by atoms with Gasteiger partial charge in [-0.15, -0.1) is 0 Å². The van der Waals surface area contributed by atoms with E-state index in [1.807, 2.05) is 32.9 Å². The van der Waals surface area contributed by atoms with Gasteiger partial charge in [-0.05, 0) is 50.1 Å². The highest BCUT2D eigenvalue weighted by Crippen LogP contribution is 2.26. The molecule has 5 nitrogen and oxygen atoms in total. The summed E-state index contributed by atoms with van der Waals surface area (Å²) in [4.78, 5) is 16.6. The number of rotatable bonds is 3. The minimum atomic E-state index is -0.246. The maximum Gasteiger partial charge on any atom is 0.259 e. The zero-order chi connectivity index (χ0) is 15.6. The number of aryl methyl sites for hydroxylation is 3. The molecule has 0 aliphatic carbocycles. The van der Waals surface area contributed by atoms with E-state index in [1.165, 1.54) is 6.20 Å². The second-order valence-corrected chi connectivity index (χ2v) is 5.80. The number of hydrazine groups is 1. The normalized spacial score (nSPS) is 10.3. The van der Waals surface area contributed by atoms with E-state index in [9.17, 15) is 4.79 Å². The number of aromatic nitrogens is 1. The van der Waals surface area contributed by atoms with Crippen LogP contribution in [0.2, 0.25) is 0 Å². The van der Waals surface area contributed by atoms with Crippen molar-refractivity contribution in [2.45, 2.75) is 20.8 Å². The van der Waals surface area contributed by atoms with Gasteiger partial charge in [-0.25, -0.2) is 0 Å². The predicted molar refractivity (Wildman–Crippen MR) is 88.4 cm³/mol. The molecule has 0 atom stereocenters. The average Bonchev–Trinajstić information content (AvgIpc) is 2.42. The van der Waals surface area contributed by atoms with Gasteiger partial charge in [0.15, 0.2) is 0 Å². The van der Waals surface area contributed by atoms with Crippen molar-refractivity contribution in [2.75, 3.05) is 10.7 Å². The summed E-state index contributed by atoms with van der Waals surface area (Å²) in [5.74, 6) is 5.22. The first kappa shape index (κ1) is 15.5. The summed E-state index contributed by atoms with van der Waals surface area (Å²) in [6.45, 7) is 5.73. The van der Waals surface area contributed by atoms with Crippen LogP contribution in [0.1, 0.15) is 27.2 Å². The van der Waals surface area contributed by atoms with Crippen molar-refractivity contribution in [1.82, 2.24) is 4.98 Å². The third-order valence-electron chi connectivity index (χ3n) is 3.18. The van der Waals surface area contributed by atoms with Crippen molar-refractivity contribution in [3.8, 4) is 0 Å². The van der Waals surface area contributed by atoms with Crippen LogP contribution in [0.15, 0.2) is 28.9 Å². The SMILES string of the molecule is Cc1cc(NN)c(C(=O)Nc2c(C)cc(Br)cc2C)cn1. The van der Waals surface area contributed by atoms with Crippen molar-refractivity contribution >= 4 is 33.2 Å². The van der Waals surface area contributed by atoms with Gasteiger partial charge in [0.1, 0.15) is 0 Å². The van der Waals surface area contributed by atoms with E-state index in [-0.39, 0.29) is 5.91 Å². The second-order valence-electron chi connectivity index (χ2n) is 4.88. The number of nitrogens with one attached hydrogen (secondary N) is 2. The number of nitrogen functional groups attached to an aromatic ring is 1. The van der Waals surface area contributed by atoms with Crippen LogP contribution in [0.4, 0.5) is 11.4 Å². The molecule has 0 aliphatic heterocycles. The van der Waals surface area contributed by atoms with Gasteiger partial charge in [0.25, 0.3) is 5.91 Å². The number of halogens is 1. The third kappa shape index (κ3) is 3.40. The van der Waals surface area contributed by atoms with Crippen molar-refractivity contribution in [2.24, 2.45) is 5.84 Å². The lowest BCUT2D eigenvalue weighted by Gasteiger charge is -2.14. The number of carbonyl (C=O) groups is 1. The Kier molecular flexibility index (Phi) is 4.59. The van der Waals surface area contributed by atoms with E-state index >= 15 is 0 Å². The van der Waals surface area contributed by atoms with Gasteiger partial charge in [0, 0.05) is 22.1 Å².